The quantitative estimate of drug-likeness (QED) is 0.610. The number of likely N-dealkylation sites (tertiary alicyclic amines) is 1. The van der Waals surface area contributed by atoms with Crippen molar-refractivity contribution in [2.75, 3.05) is 13.1 Å². The summed E-state index contributed by atoms with van der Waals surface area (Å²) in [6.07, 6.45) is 0. The van der Waals surface area contributed by atoms with Crippen LogP contribution in [0.4, 0.5) is 0 Å². The molecule has 2 nitrogen and oxygen atoms in total. The van der Waals surface area contributed by atoms with Crippen molar-refractivity contribution in [2.24, 2.45) is 17.3 Å². The average Bonchev–Trinajstić information content (AvgIpc) is 1.79. The molecule has 2 heteroatoms. The number of rotatable bonds is 1. The predicted octanol–water partition coefficient (Wildman–Crippen LogP) is 2.15. The molecule has 0 atom stereocenters. The Kier molecular flexibility index (Phi) is 2.69. The zero-order valence-electron chi connectivity index (χ0n) is 9.42. The van der Waals surface area contributed by atoms with Crippen molar-refractivity contribution in [3.63, 3.8) is 0 Å². The highest BCUT2D eigenvalue weighted by molar-refractivity contribution is 5.78. The van der Waals surface area contributed by atoms with Crippen molar-refractivity contribution in [2.45, 2.75) is 34.6 Å². The van der Waals surface area contributed by atoms with Gasteiger partial charge in [-0.15, -0.1) is 0 Å². The van der Waals surface area contributed by atoms with E-state index in [0.717, 1.165) is 13.1 Å². The van der Waals surface area contributed by atoms with Crippen molar-refractivity contribution >= 4 is 5.91 Å². The molecule has 13 heavy (non-hydrogen) atoms. The Morgan fingerprint density at radius 3 is 2.08 bits per heavy atom. The van der Waals surface area contributed by atoms with Gasteiger partial charge < -0.3 is 4.90 Å². The molecule has 0 N–H and O–H groups in total. The molecule has 0 radical (unpaired) electrons. The first-order valence-electron chi connectivity index (χ1n) is 5.11. The molecule has 0 saturated carbocycles. The summed E-state index contributed by atoms with van der Waals surface area (Å²) in [6, 6.07) is 0. The summed E-state index contributed by atoms with van der Waals surface area (Å²) >= 11 is 0. The highest BCUT2D eigenvalue weighted by Crippen LogP contribution is 2.33. The number of carbonyl (C=O) groups is 1. The van der Waals surface area contributed by atoms with Crippen LogP contribution in [0.2, 0.25) is 0 Å². The molecule has 0 aromatic carbocycles. The molecule has 1 fully saturated rings. The average molecular weight is 183 g/mol. The van der Waals surface area contributed by atoms with Gasteiger partial charge in [-0.25, -0.2) is 0 Å². The van der Waals surface area contributed by atoms with Crippen molar-refractivity contribution in [3.05, 3.63) is 0 Å². The second kappa shape index (κ2) is 3.32. The van der Waals surface area contributed by atoms with E-state index < -0.39 is 0 Å². The Hall–Kier alpha value is -0.530. The summed E-state index contributed by atoms with van der Waals surface area (Å²) in [7, 11) is 0. The van der Waals surface area contributed by atoms with Crippen molar-refractivity contribution < 1.29 is 4.79 Å². The largest absolute Gasteiger partial charge is 0.342 e. The fourth-order valence-electron chi connectivity index (χ4n) is 1.57. The smallest absolute Gasteiger partial charge is 0.225 e. The van der Waals surface area contributed by atoms with E-state index in [9.17, 15) is 4.79 Å². The number of hydrogen-bond acceptors (Lipinski definition) is 1. The third-order valence-corrected chi connectivity index (χ3v) is 2.91. The topological polar surface area (TPSA) is 20.3 Å². The number of amides is 1. The van der Waals surface area contributed by atoms with E-state index in [0.29, 0.717) is 17.2 Å². The second-order valence-electron chi connectivity index (χ2n) is 5.46. The Morgan fingerprint density at radius 2 is 1.77 bits per heavy atom. The molecular weight excluding hydrogens is 162 g/mol. The molecule has 0 spiro atoms. The predicted molar refractivity (Wildman–Crippen MR) is 54.4 cm³/mol. The van der Waals surface area contributed by atoms with Crippen LogP contribution in [0.3, 0.4) is 0 Å². The van der Waals surface area contributed by atoms with Crippen LogP contribution in [0.25, 0.3) is 0 Å². The van der Waals surface area contributed by atoms with Crippen LogP contribution >= 0.6 is 0 Å². The van der Waals surface area contributed by atoms with Gasteiger partial charge in [0.1, 0.15) is 0 Å². The van der Waals surface area contributed by atoms with Crippen LogP contribution in [-0.2, 0) is 4.79 Å². The van der Waals surface area contributed by atoms with Gasteiger partial charge in [0.05, 0.1) is 0 Å². The van der Waals surface area contributed by atoms with E-state index in [1.54, 1.807) is 0 Å². The molecule has 1 aliphatic heterocycles. The lowest BCUT2D eigenvalue weighted by Crippen LogP contribution is -2.55. The van der Waals surface area contributed by atoms with Crippen molar-refractivity contribution in [1.29, 1.82) is 0 Å². The minimum absolute atomic E-state index is 0.154. The lowest BCUT2D eigenvalue weighted by molar-refractivity contribution is -0.143. The molecule has 1 heterocycles. The normalized spacial score (nSPS) is 19.1. The standard InChI is InChI=1S/C11H21NO/c1-8(2)10(13)12-6-9(7-12)11(3,4)5/h8-9H,6-7H2,1-5H3. The lowest BCUT2D eigenvalue weighted by Gasteiger charge is -2.46. The number of nitrogens with zero attached hydrogens (tertiary/aromatic N) is 1. The molecule has 0 bridgehead atoms. The fraction of sp³-hybridized carbons (Fsp3) is 0.909. The van der Waals surface area contributed by atoms with E-state index in [1.807, 2.05) is 18.7 Å². The maximum absolute atomic E-state index is 11.5. The molecule has 0 unspecified atom stereocenters. The van der Waals surface area contributed by atoms with E-state index in [4.69, 9.17) is 0 Å². The summed E-state index contributed by atoms with van der Waals surface area (Å²) in [4.78, 5) is 13.5. The van der Waals surface area contributed by atoms with Gasteiger partial charge in [-0.3, -0.25) is 4.79 Å². The molecule has 76 valence electrons. The Labute approximate surface area is 81.3 Å². The van der Waals surface area contributed by atoms with Crippen LogP contribution in [0.5, 0.6) is 0 Å². The zero-order chi connectivity index (χ0) is 10.2. The van der Waals surface area contributed by atoms with Gasteiger partial charge in [-0.05, 0) is 11.3 Å². The Bertz CT molecular complexity index is 197. The van der Waals surface area contributed by atoms with Crippen LogP contribution in [0.1, 0.15) is 34.6 Å². The summed E-state index contributed by atoms with van der Waals surface area (Å²) in [5, 5.41) is 0. The van der Waals surface area contributed by atoms with Gasteiger partial charge >= 0.3 is 0 Å². The maximum Gasteiger partial charge on any atom is 0.225 e. The molecular formula is C11H21NO. The lowest BCUT2D eigenvalue weighted by atomic mass is 9.76. The van der Waals surface area contributed by atoms with Gasteiger partial charge in [0.2, 0.25) is 5.91 Å². The first-order chi connectivity index (χ1) is 5.82. The van der Waals surface area contributed by atoms with E-state index in [2.05, 4.69) is 20.8 Å². The molecule has 1 rings (SSSR count). The van der Waals surface area contributed by atoms with Crippen LogP contribution in [-0.4, -0.2) is 23.9 Å². The van der Waals surface area contributed by atoms with Gasteiger partial charge in [0.25, 0.3) is 0 Å². The van der Waals surface area contributed by atoms with E-state index in [-0.39, 0.29) is 5.92 Å². The minimum atomic E-state index is 0.154. The number of hydrogen-bond donors (Lipinski definition) is 0. The molecule has 1 amide bonds. The van der Waals surface area contributed by atoms with Crippen LogP contribution in [0.15, 0.2) is 0 Å². The molecule has 1 saturated heterocycles. The van der Waals surface area contributed by atoms with Gasteiger partial charge in [0.15, 0.2) is 0 Å². The first-order valence-corrected chi connectivity index (χ1v) is 5.11. The van der Waals surface area contributed by atoms with Crippen LogP contribution in [0, 0.1) is 17.3 Å². The maximum atomic E-state index is 11.5. The Morgan fingerprint density at radius 1 is 1.31 bits per heavy atom. The summed E-state index contributed by atoms with van der Waals surface area (Å²) in [6.45, 7) is 12.6. The summed E-state index contributed by atoms with van der Waals surface area (Å²) in [5.41, 5.74) is 0.355. The van der Waals surface area contributed by atoms with Crippen molar-refractivity contribution in [1.82, 2.24) is 4.90 Å². The SMILES string of the molecule is CC(C)C(=O)N1CC(C(C)(C)C)C1. The van der Waals surface area contributed by atoms with Gasteiger partial charge in [-0.2, -0.15) is 0 Å². The zero-order valence-corrected chi connectivity index (χ0v) is 9.42. The third kappa shape index (κ3) is 2.23. The minimum Gasteiger partial charge on any atom is -0.342 e. The Balaban J connectivity index is 2.38. The third-order valence-electron chi connectivity index (χ3n) is 2.91. The van der Waals surface area contributed by atoms with Crippen molar-refractivity contribution in [3.8, 4) is 0 Å². The molecule has 0 aromatic heterocycles. The van der Waals surface area contributed by atoms with Crippen LogP contribution < -0.4 is 0 Å². The van der Waals surface area contributed by atoms with Gasteiger partial charge in [0, 0.05) is 19.0 Å². The second-order valence-corrected chi connectivity index (χ2v) is 5.46. The highest BCUT2D eigenvalue weighted by atomic mass is 16.2. The van der Waals surface area contributed by atoms with E-state index in [1.165, 1.54) is 0 Å². The summed E-state index contributed by atoms with van der Waals surface area (Å²) < 4.78 is 0. The van der Waals surface area contributed by atoms with E-state index >= 15 is 0 Å². The molecule has 0 aromatic rings. The highest BCUT2D eigenvalue weighted by Gasteiger charge is 2.38. The molecule has 0 aliphatic carbocycles. The number of carbonyl (C=O) groups excluding carboxylic acids is 1. The fourth-order valence-corrected chi connectivity index (χ4v) is 1.57. The molecule has 1 aliphatic rings. The monoisotopic (exact) mass is 183 g/mol. The van der Waals surface area contributed by atoms with Gasteiger partial charge in [-0.1, -0.05) is 34.6 Å². The first kappa shape index (κ1) is 10.6. The summed E-state index contributed by atoms with van der Waals surface area (Å²) in [5.74, 6) is 1.15.